The van der Waals surface area contributed by atoms with Gasteiger partial charge >= 0.3 is 0 Å². The molecule has 0 aliphatic carbocycles. The van der Waals surface area contributed by atoms with Crippen molar-refractivity contribution in [3.05, 3.63) is 90.0 Å². The number of oxazole rings is 1. The highest BCUT2D eigenvalue weighted by atomic mass is 16.5. The number of aromatic nitrogens is 1. The predicted molar refractivity (Wildman–Crippen MR) is 136 cm³/mol. The fraction of sp³-hybridized carbons (Fsp3) is 0.172. The van der Waals surface area contributed by atoms with Crippen LogP contribution in [0.2, 0.25) is 0 Å². The van der Waals surface area contributed by atoms with E-state index in [0.29, 0.717) is 23.2 Å². The van der Waals surface area contributed by atoms with Gasteiger partial charge in [-0.25, -0.2) is 4.98 Å². The van der Waals surface area contributed by atoms with E-state index in [1.807, 2.05) is 73.7 Å². The second kappa shape index (κ2) is 9.02. The number of benzene rings is 4. The van der Waals surface area contributed by atoms with Crippen molar-refractivity contribution in [1.29, 1.82) is 0 Å². The normalized spacial score (nSPS) is 11.3. The summed E-state index contributed by atoms with van der Waals surface area (Å²) in [6.07, 6.45) is 0. The topological polar surface area (TPSA) is 64.4 Å². The van der Waals surface area contributed by atoms with Gasteiger partial charge in [-0.3, -0.25) is 4.79 Å². The molecule has 0 radical (unpaired) electrons. The Morgan fingerprint density at radius 2 is 1.82 bits per heavy atom. The molecule has 170 valence electrons. The Labute approximate surface area is 198 Å². The summed E-state index contributed by atoms with van der Waals surface area (Å²) in [5.74, 6) is 1.40. The van der Waals surface area contributed by atoms with Crippen LogP contribution < -0.4 is 10.1 Å². The van der Waals surface area contributed by atoms with Crippen LogP contribution in [0.1, 0.15) is 30.9 Å². The maximum Gasteiger partial charge on any atom is 0.262 e. The molecule has 0 atom stereocenters. The molecule has 1 aromatic heterocycles. The summed E-state index contributed by atoms with van der Waals surface area (Å²) in [6, 6.07) is 25.6. The van der Waals surface area contributed by atoms with Gasteiger partial charge in [-0.05, 0) is 59.7 Å². The molecule has 1 N–H and O–H groups in total. The van der Waals surface area contributed by atoms with Crippen LogP contribution >= 0.6 is 0 Å². The Morgan fingerprint density at radius 3 is 2.68 bits per heavy atom. The lowest BCUT2D eigenvalue weighted by atomic mass is 10.0. The van der Waals surface area contributed by atoms with Crippen LogP contribution in [0.3, 0.4) is 0 Å². The number of carbonyl (C=O) groups excluding carboxylic acids is 1. The molecule has 0 unspecified atom stereocenters. The SMILES string of the molecule is Cc1ccc(-c2nc3cc(C(C)C)ccc3o2)cc1NC(=O)COc1cccc2ccccc12. The molecular weight excluding hydrogens is 424 g/mol. The van der Waals surface area contributed by atoms with Gasteiger partial charge < -0.3 is 14.5 Å². The third kappa shape index (κ3) is 4.37. The number of nitrogens with one attached hydrogen (secondary N) is 1. The summed E-state index contributed by atoms with van der Waals surface area (Å²) in [7, 11) is 0. The fourth-order valence-corrected chi connectivity index (χ4v) is 3.97. The third-order valence-electron chi connectivity index (χ3n) is 5.95. The first-order valence-electron chi connectivity index (χ1n) is 11.4. The van der Waals surface area contributed by atoms with Crippen LogP contribution in [0.15, 0.2) is 83.3 Å². The number of nitrogens with zero attached hydrogens (tertiary/aromatic N) is 1. The van der Waals surface area contributed by atoms with Gasteiger partial charge in [0.2, 0.25) is 5.89 Å². The lowest BCUT2D eigenvalue weighted by molar-refractivity contribution is -0.118. The van der Waals surface area contributed by atoms with Crippen molar-refractivity contribution in [3.63, 3.8) is 0 Å². The highest BCUT2D eigenvalue weighted by molar-refractivity contribution is 5.94. The maximum absolute atomic E-state index is 12.7. The highest BCUT2D eigenvalue weighted by Crippen LogP contribution is 2.30. The van der Waals surface area contributed by atoms with Crippen LogP contribution in [-0.4, -0.2) is 17.5 Å². The minimum atomic E-state index is -0.229. The van der Waals surface area contributed by atoms with Gasteiger partial charge in [0.05, 0.1) is 0 Å². The van der Waals surface area contributed by atoms with Gasteiger partial charge in [0.1, 0.15) is 11.3 Å². The van der Waals surface area contributed by atoms with Crippen molar-refractivity contribution in [2.45, 2.75) is 26.7 Å². The zero-order valence-electron chi connectivity index (χ0n) is 19.5. The second-order valence-electron chi connectivity index (χ2n) is 8.74. The number of rotatable bonds is 6. The van der Waals surface area contributed by atoms with E-state index in [4.69, 9.17) is 9.15 Å². The molecule has 5 nitrogen and oxygen atoms in total. The summed E-state index contributed by atoms with van der Waals surface area (Å²) in [4.78, 5) is 17.4. The van der Waals surface area contributed by atoms with Crippen LogP contribution in [0.4, 0.5) is 5.69 Å². The van der Waals surface area contributed by atoms with E-state index >= 15 is 0 Å². The van der Waals surface area contributed by atoms with Crippen molar-refractivity contribution in [1.82, 2.24) is 4.98 Å². The first kappa shape index (κ1) is 21.7. The zero-order chi connectivity index (χ0) is 23.7. The van der Waals surface area contributed by atoms with Crippen molar-refractivity contribution in [2.75, 3.05) is 11.9 Å². The number of ether oxygens (including phenoxy) is 1. The molecule has 5 aromatic rings. The smallest absolute Gasteiger partial charge is 0.262 e. The second-order valence-corrected chi connectivity index (χ2v) is 8.74. The first-order valence-corrected chi connectivity index (χ1v) is 11.4. The van der Waals surface area contributed by atoms with Crippen molar-refractivity contribution < 1.29 is 13.9 Å². The maximum atomic E-state index is 12.7. The minimum absolute atomic E-state index is 0.0848. The number of hydrogen-bond donors (Lipinski definition) is 1. The highest BCUT2D eigenvalue weighted by Gasteiger charge is 2.13. The molecule has 0 spiro atoms. The van der Waals surface area contributed by atoms with E-state index in [0.717, 1.165) is 33.0 Å². The largest absolute Gasteiger partial charge is 0.483 e. The van der Waals surface area contributed by atoms with Crippen LogP contribution in [0.5, 0.6) is 5.75 Å². The van der Waals surface area contributed by atoms with Gasteiger partial charge in [0.25, 0.3) is 5.91 Å². The summed E-state index contributed by atoms with van der Waals surface area (Å²) in [5, 5.41) is 5.01. The fourth-order valence-electron chi connectivity index (χ4n) is 3.97. The van der Waals surface area contributed by atoms with Crippen molar-refractivity contribution >= 4 is 33.5 Å². The Morgan fingerprint density at radius 1 is 1.00 bits per heavy atom. The number of amides is 1. The molecule has 34 heavy (non-hydrogen) atoms. The average molecular weight is 451 g/mol. The van der Waals surface area contributed by atoms with Crippen molar-refractivity contribution in [2.24, 2.45) is 0 Å². The number of hydrogen-bond acceptors (Lipinski definition) is 4. The molecule has 5 rings (SSSR count). The summed E-state index contributed by atoms with van der Waals surface area (Å²) in [6.45, 7) is 6.17. The Bertz CT molecular complexity index is 1500. The summed E-state index contributed by atoms with van der Waals surface area (Å²) >= 11 is 0. The molecule has 1 amide bonds. The molecule has 4 aromatic carbocycles. The molecule has 0 fully saturated rings. The number of carbonyl (C=O) groups is 1. The third-order valence-corrected chi connectivity index (χ3v) is 5.95. The van der Waals surface area contributed by atoms with Crippen LogP contribution in [0, 0.1) is 6.92 Å². The number of fused-ring (bicyclic) bond motifs is 2. The van der Waals surface area contributed by atoms with Crippen molar-refractivity contribution in [3.8, 4) is 17.2 Å². The van der Waals surface area contributed by atoms with Gasteiger partial charge in [0, 0.05) is 16.6 Å². The monoisotopic (exact) mass is 450 g/mol. The predicted octanol–water partition coefficient (Wildman–Crippen LogP) is 7.10. The molecule has 1 heterocycles. The molecule has 0 aliphatic rings. The number of anilines is 1. The van der Waals surface area contributed by atoms with Crippen LogP contribution in [0.25, 0.3) is 33.3 Å². The van der Waals surface area contributed by atoms with E-state index < -0.39 is 0 Å². The lowest BCUT2D eigenvalue weighted by Gasteiger charge is -2.12. The molecule has 0 saturated carbocycles. The Kier molecular flexibility index (Phi) is 5.76. The van der Waals surface area contributed by atoms with E-state index in [-0.39, 0.29) is 12.5 Å². The van der Waals surface area contributed by atoms with E-state index in [1.165, 1.54) is 5.56 Å². The summed E-state index contributed by atoms with van der Waals surface area (Å²) < 4.78 is 11.8. The minimum Gasteiger partial charge on any atom is -0.483 e. The van der Waals surface area contributed by atoms with E-state index in [9.17, 15) is 4.79 Å². The van der Waals surface area contributed by atoms with E-state index in [1.54, 1.807) is 0 Å². The lowest BCUT2D eigenvalue weighted by Crippen LogP contribution is -2.20. The molecule has 0 aliphatic heterocycles. The average Bonchev–Trinajstić information content (AvgIpc) is 3.27. The summed E-state index contributed by atoms with van der Waals surface area (Å²) in [5.41, 5.74) is 5.24. The van der Waals surface area contributed by atoms with Gasteiger partial charge in [-0.1, -0.05) is 62.4 Å². The first-order chi connectivity index (χ1) is 16.5. The standard InChI is InChI=1S/C29H26N2O3/c1-18(2)21-13-14-27-25(15-21)31-29(34-27)22-12-11-19(3)24(16-22)30-28(32)17-33-26-10-6-8-20-7-4-5-9-23(20)26/h4-16,18H,17H2,1-3H3,(H,30,32). The molecule has 0 bridgehead atoms. The van der Waals surface area contributed by atoms with Gasteiger partial charge in [0.15, 0.2) is 12.2 Å². The number of aryl methyl sites for hydroxylation is 1. The van der Waals surface area contributed by atoms with Gasteiger partial charge in [-0.2, -0.15) is 0 Å². The van der Waals surface area contributed by atoms with E-state index in [2.05, 4.69) is 36.3 Å². The molecular formula is C29H26N2O3. The quantitative estimate of drug-likeness (QED) is 0.300. The van der Waals surface area contributed by atoms with Gasteiger partial charge in [-0.15, -0.1) is 0 Å². The zero-order valence-corrected chi connectivity index (χ0v) is 19.5. The van der Waals surface area contributed by atoms with Crippen LogP contribution in [-0.2, 0) is 4.79 Å². The Balaban J connectivity index is 1.33. The molecule has 5 heteroatoms. The molecule has 0 saturated heterocycles. The Hall–Kier alpha value is -4.12.